The van der Waals surface area contributed by atoms with Crippen LogP contribution in [0.25, 0.3) is 6.08 Å². The molecule has 0 radical (unpaired) electrons. The molecule has 0 fully saturated rings. The Morgan fingerprint density at radius 2 is 1.81 bits per heavy atom. The third-order valence-corrected chi connectivity index (χ3v) is 5.94. The lowest BCUT2D eigenvalue weighted by atomic mass is 10.1. The van der Waals surface area contributed by atoms with Crippen molar-refractivity contribution in [2.45, 2.75) is 6.61 Å². The average molecular weight is 628 g/mol. The van der Waals surface area contributed by atoms with Crippen LogP contribution in [0.5, 0.6) is 5.75 Å². The molecule has 0 bridgehead atoms. The van der Waals surface area contributed by atoms with Crippen molar-refractivity contribution in [3.8, 4) is 11.8 Å². The second-order valence-corrected chi connectivity index (χ2v) is 9.30. The van der Waals surface area contributed by atoms with Gasteiger partial charge in [-0.25, -0.2) is 0 Å². The summed E-state index contributed by atoms with van der Waals surface area (Å²) in [4.78, 5) is 12.4. The van der Waals surface area contributed by atoms with Gasteiger partial charge in [0.1, 0.15) is 18.2 Å². The molecule has 1 amide bonds. The lowest BCUT2D eigenvalue weighted by molar-refractivity contribution is -0.112. The van der Waals surface area contributed by atoms with Gasteiger partial charge < -0.3 is 10.1 Å². The van der Waals surface area contributed by atoms with E-state index in [0.29, 0.717) is 38.1 Å². The molecule has 0 aliphatic carbocycles. The summed E-state index contributed by atoms with van der Waals surface area (Å²) in [5.74, 6) is -0.0439. The highest BCUT2D eigenvalue weighted by molar-refractivity contribution is 14.1. The van der Waals surface area contributed by atoms with Crippen molar-refractivity contribution in [3.63, 3.8) is 0 Å². The highest BCUT2D eigenvalue weighted by atomic mass is 127. The fourth-order valence-electron chi connectivity index (χ4n) is 2.58. The summed E-state index contributed by atoms with van der Waals surface area (Å²) in [6.45, 7) is 0.359. The van der Waals surface area contributed by atoms with Crippen LogP contribution >= 0.6 is 61.7 Å². The minimum absolute atomic E-state index is 0.0644. The Balaban J connectivity index is 1.76. The van der Waals surface area contributed by atoms with Crippen LogP contribution in [0, 0.1) is 14.9 Å². The smallest absolute Gasteiger partial charge is 0.266 e. The number of carbonyl (C=O) groups is 1. The molecule has 4 nitrogen and oxygen atoms in total. The van der Waals surface area contributed by atoms with Crippen LogP contribution in [0.15, 0.2) is 70.7 Å². The lowest BCUT2D eigenvalue weighted by Crippen LogP contribution is -2.13. The Morgan fingerprint density at radius 3 is 2.42 bits per heavy atom. The highest BCUT2D eigenvalue weighted by Crippen LogP contribution is 2.35. The fraction of sp³-hybridized carbons (Fsp3) is 0.0435. The van der Waals surface area contributed by atoms with Gasteiger partial charge >= 0.3 is 0 Å². The molecule has 1 N–H and O–H groups in total. The molecule has 3 aromatic carbocycles. The van der Waals surface area contributed by atoms with Crippen LogP contribution in [-0.4, -0.2) is 5.91 Å². The normalized spacial score (nSPS) is 11.0. The van der Waals surface area contributed by atoms with Crippen molar-refractivity contribution in [1.29, 1.82) is 5.26 Å². The van der Waals surface area contributed by atoms with Crippen molar-refractivity contribution in [3.05, 3.63) is 95.5 Å². The Kier molecular flexibility index (Phi) is 8.38. The van der Waals surface area contributed by atoms with Crippen molar-refractivity contribution < 1.29 is 9.53 Å². The summed E-state index contributed by atoms with van der Waals surface area (Å²) >= 11 is 17.9. The van der Waals surface area contributed by atoms with Gasteiger partial charge in [-0.15, -0.1) is 0 Å². The van der Waals surface area contributed by atoms with Gasteiger partial charge in [-0.1, -0.05) is 35.3 Å². The van der Waals surface area contributed by atoms with E-state index in [1.54, 1.807) is 36.4 Å². The van der Waals surface area contributed by atoms with Gasteiger partial charge in [0.15, 0.2) is 5.75 Å². The minimum atomic E-state index is -0.531. The number of rotatable bonds is 6. The maximum atomic E-state index is 12.4. The van der Waals surface area contributed by atoms with Gasteiger partial charge in [0.05, 0.1) is 9.50 Å². The second-order valence-electron chi connectivity index (χ2n) is 6.36. The molecule has 0 aliphatic heterocycles. The standard InChI is InChI=1S/C23H14BrCl2IN2O2/c24-20-10-15(9-16(12-28)23(30)29-19-7-3-17(25)4-8-19)11-21(26)22(20)31-13-14-1-5-18(27)6-2-14/h1-11H,13H2,(H,29,30)/b16-9-. The van der Waals surface area contributed by atoms with Crippen molar-refractivity contribution in [2.75, 3.05) is 5.32 Å². The molecule has 156 valence electrons. The second kappa shape index (κ2) is 11.0. The van der Waals surface area contributed by atoms with Crippen molar-refractivity contribution >= 4 is 79.4 Å². The zero-order valence-corrected chi connectivity index (χ0v) is 21.1. The van der Waals surface area contributed by atoms with E-state index >= 15 is 0 Å². The van der Waals surface area contributed by atoms with Crippen LogP contribution in [0.2, 0.25) is 10.0 Å². The number of nitrogens with zero attached hydrogens (tertiary/aromatic N) is 1. The van der Waals surface area contributed by atoms with Crippen LogP contribution in [-0.2, 0) is 11.4 Å². The summed E-state index contributed by atoms with van der Waals surface area (Å²) in [5.41, 5.74) is 2.07. The quantitative estimate of drug-likeness (QED) is 0.175. The average Bonchev–Trinajstić information content (AvgIpc) is 2.74. The first-order chi connectivity index (χ1) is 14.9. The van der Waals surface area contributed by atoms with E-state index in [4.69, 9.17) is 27.9 Å². The van der Waals surface area contributed by atoms with Gasteiger partial charge in [-0.3, -0.25) is 4.79 Å². The van der Waals surface area contributed by atoms with Crippen LogP contribution < -0.4 is 10.1 Å². The fourth-order valence-corrected chi connectivity index (χ4v) is 4.06. The van der Waals surface area contributed by atoms with E-state index in [1.165, 1.54) is 6.08 Å². The van der Waals surface area contributed by atoms with Gasteiger partial charge in [0.25, 0.3) is 5.91 Å². The first kappa shape index (κ1) is 23.6. The van der Waals surface area contributed by atoms with Crippen molar-refractivity contribution in [2.24, 2.45) is 0 Å². The van der Waals surface area contributed by atoms with E-state index in [1.807, 2.05) is 30.3 Å². The number of ether oxygens (including phenoxy) is 1. The molecular weight excluding hydrogens is 614 g/mol. The molecule has 0 saturated heterocycles. The molecule has 3 aromatic rings. The molecule has 0 aliphatic rings. The molecule has 0 saturated carbocycles. The predicted octanol–water partition coefficient (Wildman–Crippen LogP) is 7.49. The Hall–Kier alpha value is -2.05. The summed E-state index contributed by atoms with van der Waals surface area (Å²) in [6.07, 6.45) is 1.46. The molecule has 0 aromatic heterocycles. The minimum Gasteiger partial charge on any atom is -0.486 e. The maximum absolute atomic E-state index is 12.4. The summed E-state index contributed by atoms with van der Waals surface area (Å²) in [6, 6.07) is 19.9. The number of anilines is 1. The van der Waals surface area contributed by atoms with E-state index in [-0.39, 0.29) is 5.57 Å². The largest absolute Gasteiger partial charge is 0.486 e. The van der Waals surface area contributed by atoms with Crippen LogP contribution in [0.4, 0.5) is 5.69 Å². The van der Waals surface area contributed by atoms with E-state index in [9.17, 15) is 10.1 Å². The molecule has 3 rings (SSSR count). The van der Waals surface area contributed by atoms with Gasteiger partial charge in [0.2, 0.25) is 0 Å². The monoisotopic (exact) mass is 626 g/mol. The van der Waals surface area contributed by atoms with Gasteiger partial charge in [-0.05, 0) is 104 Å². The highest BCUT2D eigenvalue weighted by Gasteiger charge is 2.13. The zero-order valence-electron chi connectivity index (χ0n) is 15.8. The Labute approximate surface area is 212 Å². The Morgan fingerprint density at radius 1 is 1.13 bits per heavy atom. The number of nitriles is 1. The topological polar surface area (TPSA) is 62.1 Å². The number of amides is 1. The number of hydrogen-bond donors (Lipinski definition) is 1. The van der Waals surface area contributed by atoms with E-state index < -0.39 is 5.91 Å². The first-order valence-corrected chi connectivity index (χ1v) is 11.5. The number of benzene rings is 3. The summed E-state index contributed by atoms with van der Waals surface area (Å²) < 4.78 is 7.62. The predicted molar refractivity (Wildman–Crippen MR) is 136 cm³/mol. The van der Waals surface area contributed by atoms with Crippen molar-refractivity contribution in [1.82, 2.24) is 0 Å². The number of halogens is 4. The molecule has 0 atom stereocenters. The van der Waals surface area contributed by atoms with Gasteiger partial charge in [-0.2, -0.15) is 5.26 Å². The third-order valence-electron chi connectivity index (χ3n) is 4.10. The third kappa shape index (κ3) is 6.71. The van der Waals surface area contributed by atoms with E-state index in [0.717, 1.165) is 9.13 Å². The number of carbonyl (C=O) groups excluding carboxylic acids is 1. The van der Waals surface area contributed by atoms with E-state index in [2.05, 4.69) is 43.8 Å². The molecule has 8 heteroatoms. The summed E-state index contributed by atoms with van der Waals surface area (Å²) in [5, 5.41) is 13.0. The number of nitrogens with one attached hydrogen (secondary N) is 1. The van der Waals surface area contributed by atoms with Gasteiger partial charge in [0, 0.05) is 14.3 Å². The van der Waals surface area contributed by atoms with Crippen LogP contribution in [0.3, 0.4) is 0 Å². The van der Waals surface area contributed by atoms with Crippen LogP contribution in [0.1, 0.15) is 11.1 Å². The number of hydrogen-bond acceptors (Lipinski definition) is 3. The SMILES string of the molecule is N#C/C(=C/c1cc(Cl)c(OCc2ccc(I)cc2)c(Br)c1)C(=O)Nc1ccc(Cl)cc1. The summed E-state index contributed by atoms with van der Waals surface area (Å²) in [7, 11) is 0. The molecule has 0 heterocycles. The molecular formula is C23H14BrCl2IN2O2. The maximum Gasteiger partial charge on any atom is 0.266 e. The molecule has 0 unspecified atom stereocenters. The lowest BCUT2D eigenvalue weighted by Gasteiger charge is -2.11. The molecule has 31 heavy (non-hydrogen) atoms. The zero-order chi connectivity index (χ0) is 22.4. The Bertz CT molecular complexity index is 1150. The molecule has 0 spiro atoms. The first-order valence-electron chi connectivity index (χ1n) is 8.90.